The molecule has 0 saturated heterocycles. The van der Waals surface area contributed by atoms with Gasteiger partial charge in [-0.2, -0.15) is 0 Å². The molecule has 5 nitrogen and oxygen atoms in total. The molecule has 0 amide bonds. The van der Waals surface area contributed by atoms with Gasteiger partial charge in [0.2, 0.25) is 0 Å². The molecule has 0 aliphatic carbocycles. The number of hydrogen-bond donors (Lipinski definition) is 3. The fraction of sp³-hybridized carbons (Fsp3) is 0.200. The molecule has 1 rings (SSSR count). The van der Waals surface area contributed by atoms with E-state index >= 15 is 0 Å². The van der Waals surface area contributed by atoms with Crippen LogP contribution in [-0.4, -0.2) is 33.5 Å². The van der Waals surface area contributed by atoms with Gasteiger partial charge in [-0.05, 0) is 19.1 Å². The van der Waals surface area contributed by atoms with Gasteiger partial charge in [-0.15, -0.1) is 0 Å². The van der Waals surface area contributed by atoms with Gasteiger partial charge in [0.15, 0.2) is 0 Å². The van der Waals surface area contributed by atoms with Crippen LogP contribution in [0.15, 0.2) is 23.2 Å². The predicted octanol–water partition coefficient (Wildman–Crippen LogP) is 0.991. The number of carbonyl (C=O) groups is 1. The Hall–Kier alpha value is -2.04. The molecule has 0 aliphatic rings. The van der Waals surface area contributed by atoms with Gasteiger partial charge in [0.25, 0.3) is 0 Å². The van der Waals surface area contributed by atoms with Crippen LogP contribution in [0.25, 0.3) is 0 Å². The molecule has 0 heterocycles. The summed E-state index contributed by atoms with van der Waals surface area (Å²) >= 11 is 0. The minimum Gasteiger partial charge on any atom is -0.508 e. The van der Waals surface area contributed by atoms with Crippen LogP contribution in [-0.2, 0) is 4.79 Å². The number of phenols is 2. The number of nitrogens with zero attached hydrogens (tertiary/aromatic N) is 1. The van der Waals surface area contributed by atoms with Crippen molar-refractivity contribution in [3.05, 3.63) is 23.8 Å². The summed E-state index contributed by atoms with van der Waals surface area (Å²) in [6, 6.07) is 4.05. The third-order valence-electron chi connectivity index (χ3n) is 1.82. The molecule has 15 heavy (non-hydrogen) atoms. The van der Waals surface area contributed by atoms with Crippen molar-refractivity contribution in [1.29, 1.82) is 0 Å². The molecule has 0 radical (unpaired) electrons. The molecule has 0 aliphatic heterocycles. The molecule has 0 aromatic heterocycles. The topological polar surface area (TPSA) is 90.1 Å². The van der Waals surface area contributed by atoms with E-state index in [9.17, 15) is 9.90 Å². The van der Waals surface area contributed by atoms with Gasteiger partial charge >= 0.3 is 5.97 Å². The summed E-state index contributed by atoms with van der Waals surface area (Å²) < 4.78 is 0. The first-order chi connectivity index (χ1) is 7.00. The molecule has 80 valence electrons. The van der Waals surface area contributed by atoms with Gasteiger partial charge in [0.05, 0.1) is 0 Å². The minimum atomic E-state index is -1.03. The normalized spacial score (nSPS) is 11.4. The first-order valence-corrected chi connectivity index (χ1v) is 4.26. The molecule has 1 aromatic carbocycles. The number of aliphatic carboxylic acids is 1. The average Bonchev–Trinajstić information content (AvgIpc) is 2.14. The van der Waals surface area contributed by atoms with Crippen molar-refractivity contribution in [3.8, 4) is 11.5 Å². The first-order valence-electron chi connectivity index (χ1n) is 4.26. The van der Waals surface area contributed by atoms with E-state index in [0.717, 1.165) is 0 Å². The second kappa shape index (κ2) is 4.45. The second-order valence-corrected chi connectivity index (χ2v) is 3.00. The van der Waals surface area contributed by atoms with Gasteiger partial charge in [-0.25, -0.2) is 0 Å². The Morgan fingerprint density at radius 3 is 2.60 bits per heavy atom. The lowest BCUT2D eigenvalue weighted by atomic mass is 10.1. The van der Waals surface area contributed by atoms with Crippen LogP contribution in [0.5, 0.6) is 11.5 Å². The highest BCUT2D eigenvalue weighted by atomic mass is 16.4. The lowest BCUT2D eigenvalue weighted by Gasteiger charge is -2.03. The van der Waals surface area contributed by atoms with Crippen LogP contribution < -0.4 is 0 Å². The predicted molar refractivity (Wildman–Crippen MR) is 54.5 cm³/mol. The number of carboxylic acids is 1. The van der Waals surface area contributed by atoms with Crippen LogP contribution in [0.3, 0.4) is 0 Å². The number of hydrogen-bond acceptors (Lipinski definition) is 4. The Morgan fingerprint density at radius 2 is 2.07 bits per heavy atom. The highest BCUT2D eigenvalue weighted by Gasteiger charge is 2.05. The summed E-state index contributed by atoms with van der Waals surface area (Å²) in [5.74, 6) is -1.21. The zero-order valence-electron chi connectivity index (χ0n) is 8.14. The zero-order valence-corrected chi connectivity index (χ0v) is 8.14. The number of aliphatic imine (C=N–C) groups is 1. The van der Waals surface area contributed by atoms with Crippen molar-refractivity contribution in [1.82, 2.24) is 0 Å². The molecular weight excluding hydrogens is 198 g/mol. The monoisotopic (exact) mass is 209 g/mol. The van der Waals surface area contributed by atoms with E-state index in [-0.39, 0.29) is 18.0 Å². The Bertz CT molecular complexity index is 412. The maximum atomic E-state index is 10.3. The van der Waals surface area contributed by atoms with Gasteiger partial charge in [-0.3, -0.25) is 9.79 Å². The largest absolute Gasteiger partial charge is 0.508 e. The third kappa shape index (κ3) is 2.98. The molecule has 5 heteroatoms. The number of phenolic OH excluding ortho intramolecular Hbond substituents is 2. The summed E-state index contributed by atoms with van der Waals surface area (Å²) in [7, 11) is 0. The van der Waals surface area contributed by atoms with Crippen molar-refractivity contribution >= 4 is 11.7 Å². The molecule has 3 N–H and O–H groups in total. The minimum absolute atomic E-state index is 0.0534. The molecule has 0 atom stereocenters. The van der Waals surface area contributed by atoms with E-state index in [0.29, 0.717) is 11.3 Å². The Kier molecular flexibility index (Phi) is 3.28. The Morgan fingerprint density at radius 1 is 1.40 bits per heavy atom. The summed E-state index contributed by atoms with van der Waals surface area (Å²) in [5, 5.41) is 26.9. The van der Waals surface area contributed by atoms with Gasteiger partial charge in [-0.1, -0.05) is 0 Å². The smallest absolute Gasteiger partial charge is 0.325 e. The summed E-state index contributed by atoms with van der Waals surface area (Å²) in [5.41, 5.74) is 0.823. The van der Waals surface area contributed by atoms with Crippen LogP contribution in [0.2, 0.25) is 0 Å². The lowest BCUT2D eigenvalue weighted by molar-refractivity contribution is -0.135. The number of carboxylic acid groups (broad SMARTS) is 1. The van der Waals surface area contributed by atoms with E-state index in [1.807, 2.05) is 0 Å². The molecule has 0 fully saturated rings. The molecule has 0 unspecified atom stereocenters. The number of aromatic hydroxyl groups is 2. The van der Waals surface area contributed by atoms with Crippen LogP contribution >= 0.6 is 0 Å². The zero-order chi connectivity index (χ0) is 11.4. The quantitative estimate of drug-likeness (QED) is 0.647. The highest BCUT2D eigenvalue weighted by molar-refractivity contribution is 6.01. The lowest BCUT2D eigenvalue weighted by Crippen LogP contribution is -2.04. The molecule has 0 bridgehead atoms. The summed E-state index contributed by atoms with van der Waals surface area (Å²) in [6.07, 6.45) is 0. The molecule has 0 spiro atoms. The van der Waals surface area contributed by atoms with Gasteiger partial charge < -0.3 is 15.3 Å². The maximum absolute atomic E-state index is 10.3. The fourth-order valence-electron chi connectivity index (χ4n) is 1.10. The van der Waals surface area contributed by atoms with Crippen LogP contribution in [0.4, 0.5) is 0 Å². The Balaban J connectivity index is 2.95. The van der Waals surface area contributed by atoms with E-state index in [1.165, 1.54) is 18.2 Å². The number of benzene rings is 1. The first kappa shape index (κ1) is 11.0. The summed E-state index contributed by atoms with van der Waals surface area (Å²) in [4.78, 5) is 14.0. The molecule has 1 aromatic rings. The second-order valence-electron chi connectivity index (χ2n) is 3.00. The van der Waals surface area contributed by atoms with Crippen molar-refractivity contribution in [3.63, 3.8) is 0 Å². The van der Waals surface area contributed by atoms with E-state index < -0.39 is 5.97 Å². The van der Waals surface area contributed by atoms with Gasteiger partial charge in [0.1, 0.15) is 18.0 Å². The number of rotatable bonds is 3. The SMILES string of the molecule is C/C(=N\CC(=O)O)c1ccc(O)cc1O. The maximum Gasteiger partial charge on any atom is 0.325 e. The van der Waals surface area contributed by atoms with E-state index in [4.69, 9.17) is 10.2 Å². The van der Waals surface area contributed by atoms with Crippen LogP contribution in [0.1, 0.15) is 12.5 Å². The molecular formula is C10H11NO4. The highest BCUT2D eigenvalue weighted by Crippen LogP contribution is 2.22. The van der Waals surface area contributed by atoms with Crippen molar-refractivity contribution in [2.45, 2.75) is 6.92 Å². The third-order valence-corrected chi connectivity index (χ3v) is 1.82. The van der Waals surface area contributed by atoms with Crippen molar-refractivity contribution in [2.24, 2.45) is 4.99 Å². The van der Waals surface area contributed by atoms with Crippen molar-refractivity contribution < 1.29 is 20.1 Å². The standard InChI is InChI=1S/C10H11NO4/c1-6(11-5-10(14)15)8-3-2-7(12)4-9(8)13/h2-4,12-13H,5H2,1H3,(H,14,15)/b11-6+. The average molecular weight is 209 g/mol. The summed E-state index contributed by atoms with van der Waals surface area (Å²) in [6.45, 7) is 1.25. The van der Waals surface area contributed by atoms with E-state index in [1.54, 1.807) is 6.92 Å². The van der Waals surface area contributed by atoms with Gasteiger partial charge in [0, 0.05) is 17.3 Å². The van der Waals surface area contributed by atoms with Crippen LogP contribution in [0, 0.1) is 0 Å². The fourth-order valence-corrected chi connectivity index (χ4v) is 1.10. The molecule has 0 saturated carbocycles. The Labute approximate surface area is 86.3 Å². The van der Waals surface area contributed by atoms with E-state index in [2.05, 4.69) is 4.99 Å². The van der Waals surface area contributed by atoms with Crippen molar-refractivity contribution in [2.75, 3.05) is 6.54 Å².